The molecule has 2 aromatic rings. The average Bonchev–Trinajstić information content (AvgIpc) is 2.61. The third-order valence-electron chi connectivity index (χ3n) is 4.41. The number of carbonyl (C=O) groups excluding carboxylic acids is 1. The van der Waals surface area contributed by atoms with Crippen molar-refractivity contribution >= 4 is 11.6 Å². The summed E-state index contributed by atoms with van der Waals surface area (Å²) in [5.41, 5.74) is 1.77. The molecule has 0 atom stereocenters. The fourth-order valence-corrected chi connectivity index (χ4v) is 3.04. The van der Waals surface area contributed by atoms with Gasteiger partial charge < -0.3 is 19.5 Å². The quantitative estimate of drug-likeness (QED) is 0.921. The number of hydrogen-bond acceptors (Lipinski definition) is 4. The minimum Gasteiger partial charge on any atom is -0.494 e. The summed E-state index contributed by atoms with van der Waals surface area (Å²) in [6.07, 6.45) is 1.47. The van der Waals surface area contributed by atoms with Gasteiger partial charge >= 0.3 is 0 Å². The number of carbonyl (C=O) groups is 1. The van der Waals surface area contributed by atoms with Crippen molar-refractivity contribution in [3.05, 3.63) is 57.8 Å². The van der Waals surface area contributed by atoms with Crippen molar-refractivity contribution in [3.8, 4) is 5.75 Å². The predicted molar refractivity (Wildman–Crippen MR) is 92.9 cm³/mol. The van der Waals surface area contributed by atoms with Crippen LogP contribution in [0.1, 0.15) is 15.9 Å². The first kappa shape index (κ1) is 17.0. The van der Waals surface area contributed by atoms with Crippen LogP contribution in [0.3, 0.4) is 0 Å². The molecule has 0 bridgehead atoms. The van der Waals surface area contributed by atoms with Crippen LogP contribution in [0, 0.1) is 12.7 Å². The highest BCUT2D eigenvalue weighted by atomic mass is 19.1. The lowest BCUT2D eigenvalue weighted by Gasteiger charge is -2.36. The Morgan fingerprint density at radius 3 is 2.56 bits per heavy atom. The number of aromatic amines is 1. The Hall–Kier alpha value is -2.83. The predicted octanol–water partition coefficient (Wildman–Crippen LogP) is 1.79. The van der Waals surface area contributed by atoms with E-state index in [0.29, 0.717) is 43.1 Å². The Labute approximate surface area is 144 Å². The minimum absolute atomic E-state index is 0.0977. The third-order valence-corrected chi connectivity index (χ3v) is 4.41. The van der Waals surface area contributed by atoms with Gasteiger partial charge in [0.25, 0.3) is 5.91 Å². The van der Waals surface area contributed by atoms with E-state index in [9.17, 15) is 14.0 Å². The molecule has 1 aromatic carbocycles. The topological polar surface area (TPSA) is 65.6 Å². The number of ether oxygens (including phenoxy) is 1. The number of pyridine rings is 1. The second-order valence-corrected chi connectivity index (χ2v) is 5.99. The molecule has 0 radical (unpaired) electrons. The van der Waals surface area contributed by atoms with E-state index in [-0.39, 0.29) is 17.3 Å². The number of H-pyrrole nitrogens is 1. The van der Waals surface area contributed by atoms with Gasteiger partial charge in [-0.3, -0.25) is 9.59 Å². The van der Waals surface area contributed by atoms with Gasteiger partial charge in [0.05, 0.1) is 18.4 Å². The van der Waals surface area contributed by atoms with Crippen molar-refractivity contribution in [3.63, 3.8) is 0 Å². The van der Waals surface area contributed by atoms with Gasteiger partial charge in [-0.2, -0.15) is 0 Å². The van der Waals surface area contributed by atoms with Crippen LogP contribution >= 0.6 is 0 Å². The van der Waals surface area contributed by atoms with Gasteiger partial charge in [0.1, 0.15) is 11.6 Å². The van der Waals surface area contributed by atoms with Gasteiger partial charge in [0.15, 0.2) is 0 Å². The summed E-state index contributed by atoms with van der Waals surface area (Å²) >= 11 is 0. The standard InChI is InChI=1S/C18H20FN3O3/c1-12-9-17(23)20-11-14(12)18(24)22-7-5-21(6-8-22)15-4-3-13(19)10-16(15)25-2/h3-4,9-11H,5-8H2,1-2H3,(H,20,23). The third kappa shape index (κ3) is 3.50. The lowest BCUT2D eigenvalue weighted by atomic mass is 10.1. The van der Waals surface area contributed by atoms with E-state index in [1.54, 1.807) is 17.9 Å². The Morgan fingerprint density at radius 1 is 1.20 bits per heavy atom. The molecule has 132 valence electrons. The summed E-state index contributed by atoms with van der Waals surface area (Å²) in [5.74, 6) is 0.0404. The average molecular weight is 345 g/mol. The van der Waals surface area contributed by atoms with Crippen molar-refractivity contribution in [2.45, 2.75) is 6.92 Å². The number of halogens is 1. The van der Waals surface area contributed by atoms with Crippen LogP contribution in [0.4, 0.5) is 10.1 Å². The number of amides is 1. The summed E-state index contributed by atoms with van der Waals surface area (Å²) in [7, 11) is 1.51. The molecular formula is C18H20FN3O3. The summed E-state index contributed by atoms with van der Waals surface area (Å²) in [6, 6.07) is 5.88. The van der Waals surface area contributed by atoms with Gasteiger partial charge in [-0.05, 0) is 24.6 Å². The summed E-state index contributed by atoms with van der Waals surface area (Å²) in [6.45, 7) is 4.07. The second-order valence-electron chi connectivity index (χ2n) is 5.99. The Kier molecular flexibility index (Phi) is 4.74. The highest BCUT2D eigenvalue weighted by Crippen LogP contribution is 2.29. The molecule has 1 saturated heterocycles. The Bertz CT molecular complexity index is 842. The maximum atomic E-state index is 13.3. The number of aryl methyl sites for hydroxylation is 1. The number of piperazine rings is 1. The zero-order chi connectivity index (χ0) is 18.0. The number of anilines is 1. The molecule has 0 spiro atoms. The first-order valence-electron chi connectivity index (χ1n) is 8.06. The molecular weight excluding hydrogens is 325 g/mol. The lowest BCUT2D eigenvalue weighted by molar-refractivity contribution is 0.0745. The Balaban J connectivity index is 1.71. The number of nitrogens with one attached hydrogen (secondary N) is 1. The number of benzene rings is 1. The highest BCUT2D eigenvalue weighted by molar-refractivity contribution is 5.95. The van der Waals surface area contributed by atoms with E-state index in [2.05, 4.69) is 9.88 Å². The van der Waals surface area contributed by atoms with E-state index in [1.165, 1.54) is 31.5 Å². The van der Waals surface area contributed by atoms with Gasteiger partial charge in [0, 0.05) is 44.5 Å². The first-order chi connectivity index (χ1) is 12.0. The number of hydrogen-bond donors (Lipinski definition) is 1. The molecule has 1 aromatic heterocycles. The molecule has 1 aliphatic rings. The monoisotopic (exact) mass is 345 g/mol. The lowest BCUT2D eigenvalue weighted by Crippen LogP contribution is -2.49. The normalized spacial score (nSPS) is 14.5. The van der Waals surface area contributed by atoms with Crippen molar-refractivity contribution in [2.75, 3.05) is 38.2 Å². The van der Waals surface area contributed by atoms with Gasteiger partial charge in [-0.15, -0.1) is 0 Å². The number of rotatable bonds is 3. The van der Waals surface area contributed by atoms with Crippen molar-refractivity contribution < 1.29 is 13.9 Å². The van der Waals surface area contributed by atoms with Crippen molar-refractivity contribution in [1.82, 2.24) is 9.88 Å². The van der Waals surface area contributed by atoms with Crippen LogP contribution in [0.15, 0.2) is 35.3 Å². The molecule has 1 N–H and O–H groups in total. The zero-order valence-electron chi connectivity index (χ0n) is 14.2. The molecule has 25 heavy (non-hydrogen) atoms. The molecule has 6 nitrogen and oxygen atoms in total. The SMILES string of the molecule is COc1cc(F)ccc1N1CCN(C(=O)c2c[nH]c(=O)cc2C)CC1. The molecule has 7 heteroatoms. The van der Waals surface area contributed by atoms with Crippen molar-refractivity contribution in [1.29, 1.82) is 0 Å². The molecule has 1 aliphatic heterocycles. The smallest absolute Gasteiger partial charge is 0.255 e. The van der Waals surface area contributed by atoms with Crippen LogP contribution in [-0.4, -0.2) is 49.1 Å². The zero-order valence-corrected chi connectivity index (χ0v) is 14.2. The van der Waals surface area contributed by atoms with E-state index >= 15 is 0 Å². The minimum atomic E-state index is -0.344. The molecule has 2 heterocycles. The number of nitrogens with zero attached hydrogens (tertiary/aromatic N) is 2. The fourth-order valence-electron chi connectivity index (χ4n) is 3.04. The maximum absolute atomic E-state index is 13.3. The highest BCUT2D eigenvalue weighted by Gasteiger charge is 2.25. The summed E-state index contributed by atoms with van der Waals surface area (Å²) in [5, 5.41) is 0. The van der Waals surface area contributed by atoms with E-state index in [4.69, 9.17) is 4.74 Å². The summed E-state index contributed by atoms with van der Waals surface area (Å²) in [4.78, 5) is 30.3. The number of methoxy groups -OCH3 is 1. The molecule has 0 saturated carbocycles. The van der Waals surface area contributed by atoms with E-state index in [1.807, 2.05) is 0 Å². The van der Waals surface area contributed by atoms with Crippen LogP contribution in [0.2, 0.25) is 0 Å². The van der Waals surface area contributed by atoms with E-state index < -0.39 is 0 Å². The van der Waals surface area contributed by atoms with Crippen molar-refractivity contribution in [2.24, 2.45) is 0 Å². The first-order valence-corrected chi connectivity index (χ1v) is 8.06. The molecule has 0 unspecified atom stereocenters. The molecule has 3 rings (SSSR count). The number of aromatic nitrogens is 1. The van der Waals surface area contributed by atoms with Gasteiger partial charge in [-0.25, -0.2) is 4.39 Å². The van der Waals surface area contributed by atoms with Crippen LogP contribution in [-0.2, 0) is 0 Å². The van der Waals surface area contributed by atoms with Gasteiger partial charge in [-0.1, -0.05) is 0 Å². The van der Waals surface area contributed by atoms with Crippen LogP contribution in [0.5, 0.6) is 5.75 Å². The molecule has 1 fully saturated rings. The maximum Gasteiger partial charge on any atom is 0.255 e. The second kappa shape index (κ2) is 6.96. The molecule has 1 amide bonds. The largest absolute Gasteiger partial charge is 0.494 e. The molecule has 0 aliphatic carbocycles. The van der Waals surface area contributed by atoms with Gasteiger partial charge in [0.2, 0.25) is 5.56 Å². The Morgan fingerprint density at radius 2 is 1.92 bits per heavy atom. The fraction of sp³-hybridized carbons (Fsp3) is 0.333. The van der Waals surface area contributed by atoms with Crippen LogP contribution in [0.25, 0.3) is 0 Å². The van der Waals surface area contributed by atoms with Crippen LogP contribution < -0.4 is 15.2 Å². The van der Waals surface area contributed by atoms with E-state index in [0.717, 1.165) is 5.69 Å². The summed E-state index contributed by atoms with van der Waals surface area (Å²) < 4.78 is 18.6.